The molecule has 1 radical (unpaired) electrons. The molecule has 0 amide bonds. The smallest absolute Gasteiger partial charge is 0.132 e. The van der Waals surface area contributed by atoms with Gasteiger partial charge in [0.25, 0.3) is 0 Å². The molecule has 75 valence electrons. The van der Waals surface area contributed by atoms with Crippen molar-refractivity contribution in [1.29, 1.82) is 0 Å². The lowest BCUT2D eigenvalue weighted by Gasteiger charge is -2.33. The van der Waals surface area contributed by atoms with Crippen LogP contribution in [0.25, 0.3) is 0 Å². The lowest BCUT2D eigenvalue weighted by molar-refractivity contribution is -0.385. The van der Waals surface area contributed by atoms with Crippen LogP contribution in [0.2, 0.25) is 0 Å². The van der Waals surface area contributed by atoms with Crippen LogP contribution in [-0.4, -0.2) is 0 Å². The predicted octanol–water partition coefficient (Wildman–Crippen LogP) is 3.21. The first-order chi connectivity index (χ1) is 6.87. The second-order valence-corrected chi connectivity index (χ2v) is 4.00. The predicted molar refractivity (Wildman–Crippen MR) is 53.0 cm³/mol. The van der Waals surface area contributed by atoms with Crippen molar-refractivity contribution in [3.05, 3.63) is 35.9 Å². The van der Waals surface area contributed by atoms with Gasteiger partial charge in [-0.1, -0.05) is 49.6 Å². The van der Waals surface area contributed by atoms with Gasteiger partial charge in [0.2, 0.25) is 0 Å². The third-order valence-corrected chi connectivity index (χ3v) is 3.12. The minimum atomic E-state index is -0.542. The fraction of sp³-hybridized carbons (Fsp3) is 0.500. The lowest BCUT2D eigenvalue weighted by atomic mass is 9.80. The van der Waals surface area contributed by atoms with Crippen LogP contribution < -0.4 is 0 Å². The van der Waals surface area contributed by atoms with Crippen molar-refractivity contribution >= 4 is 0 Å². The number of hydrogen-bond acceptors (Lipinski definition) is 1. The van der Waals surface area contributed by atoms with Gasteiger partial charge in [-0.15, -0.1) is 0 Å². The van der Waals surface area contributed by atoms with E-state index in [0.29, 0.717) is 0 Å². The van der Waals surface area contributed by atoms with E-state index in [1.165, 1.54) is 6.42 Å². The van der Waals surface area contributed by atoms with Gasteiger partial charge in [-0.3, -0.25) is 0 Å². The van der Waals surface area contributed by atoms with Gasteiger partial charge in [0.1, 0.15) is 5.60 Å². The summed E-state index contributed by atoms with van der Waals surface area (Å²) in [6.07, 6.45) is 5.13. The van der Waals surface area contributed by atoms with Crippen molar-refractivity contribution in [1.82, 2.24) is 0 Å². The zero-order valence-corrected chi connectivity index (χ0v) is 8.24. The van der Waals surface area contributed by atoms with E-state index in [1.807, 2.05) is 30.3 Å². The molecule has 14 heavy (non-hydrogen) atoms. The van der Waals surface area contributed by atoms with E-state index in [2.05, 4.69) is 4.89 Å². The molecule has 1 aliphatic carbocycles. The third-order valence-electron chi connectivity index (χ3n) is 3.12. The molecule has 0 saturated heterocycles. The average molecular weight is 191 g/mol. The third kappa shape index (κ3) is 1.68. The first-order valence-electron chi connectivity index (χ1n) is 5.24. The number of benzene rings is 1. The molecule has 0 atom stereocenters. The fourth-order valence-electron chi connectivity index (χ4n) is 2.28. The van der Waals surface area contributed by atoms with Crippen LogP contribution in [0.15, 0.2) is 30.3 Å². The maximum absolute atomic E-state index is 10.9. The Kier molecular flexibility index (Phi) is 2.85. The summed E-state index contributed by atoms with van der Waals surface area (Å²) in [7, 11) is 0. The van der Waals surface area contributed by atoms with Crippen LogP contribution in [0.4, 0.5) is 0 Å². The summed E-state index contributed by atoms with van der Waals surface area (Å²) in [5.74, 6) is 0. The summed E-state index contributed by atoms with van der Waals surface area (Å²) in [6.45, 7) is 0. The highest BCUT2D eigenvalue weighted by Gasteiger charge is 2.35. The molecule has 0 heterocycles. The Bertz CT molecular complexity index is 276. The van der Waals surface area contributed by atoms with Gasteiger partial charge in [-0.25, -0.2) is 0 Å². The highest BCUT2D eigenvalue weighted by molar-refractivity contribution is 5.22. The Morgan fingerprint density at radius 1 is 1.00 bits per heavy atom. The molecule has 0 spiro atoms. The van der Waals surface area contributed by atoms with E-state index in [4.69, 9.17) is 0 Å². The van der Waals surface area contributed by atoms with Crippen molar-refractivity contribution in [2.45, 2.75) is 37.7 Å². The SMILES string of the molecule is [O]OC1(c2ccccc2)CCCCC1. The molecule has 0 unspecified atom stereocenters. The summed E-state index contributed by atoms with van der Waals surface area (Å²) >= 11 is 0. The molecule has 1 aliphatic rings. The summed E-state index contributed by atoms with van der Waals surface area (Å²) < 4.78 is 0. The second-order valence-electron chi connectivity index (χ2n) is 4.00. The van der Waals surface area contributed by atoms with Crippen molar-refractivity contribution < 1.29 is 10.1 Å². The molecule has 1 aromatic carbocycles. The molecule has 1 saturated carbocycles. The maximum atomic E-state index is 10.9. The van der Waals surface area contributed by atoms with E-state index in [1.54, 1.807) is 0 Å². The van der Waals surface area contributed by atoms with Gasteiger partial charge in [0, 0.05) is 0 Å². The van der Waals surface area contributed by atoms with Crippen LogP contribution in [-0.2, 0) is 15.7 Å². The standard InChI is InChI=1S/C12H15O2/c13-14-12(9-5-2-6-10-12)11-7-3-1-4-8-11/h1,3-4,7-8H,2,5-6,9-10H2. The van der Waals surface area contributed by atoms with Crippen molar-refractivity contribution in [2.24, 2.45) is 0 Å². The van der Waals surface area contributed by atoms with E-state index in [9.17, 15) is 5.26 Å². The Morgan fingerprint density at radius 2 is 1.64 bits per heavy atom. The van der Waals surface area contributed by atoms with Gasteiger partial charge >= 0.3 is 0 Å². The van der Waals surface area contributed by atoms with Crippen molar-refractivity contribution in [3.63, 3.8) is 0 Å². The van der Waals surface area contributed by atoms with Crippen molar-refractivity contribution in [2.75, 3.05) is 0 Å². The molecule has 1 fully saturated rings. The highest BCUT2D eigenvalue weighted by atomic mass is 17.1. The summed E-state index contributed by atoms with van der Waals surface area (Å²) in [5.41, 5.74) is 0.495. The van der Waals surface area contributed by atoms with Crippen LogP contribution in [0.3, 0.4) is 0 Å². The van der Waals surface area contributed by atoms with E-state index >= 15 is 0 Å². The first-order valence-corrected chi connectivity index (χ1v) is 5.24. The molecule has 0 aromatic heterocycles. The molecule has 2 heteroatoms. The number of hydrogen-bond donors (Lipinski definition) is 0. The van der Waals surface area contributed by atoms with Crippen LogP contribution in [0.1, 0.15) is 37.7 Å². The van der Waals surface area contributed by atoms with Gasteiger partial charge in [0.05, 0.1) is 0 Å². The average Bonchev–Trinajstić information content (AvgIpc) is 2.31. The minimum Gasteiger partial charge on any atom is -0.192 e. The first kappa shape index (κ1) is 9.69. The van der Waals surface area contributed by atoms with Crippen LogP contribution in [0, 0.1) is 0 Å². The van der Waals surface area contributed by atoms with Crippen LogP contribution in [0.5, 0.6) is 0 Å². The van der Waals surface area contributed by atoms with Crippen molar-refractivity contribution in [3.8, 4) is 0 Å². The quantitative estimate of drug-likeness (QED) is 0.521. The fourth-order valence-corrected chi connectivity index (χ4v) is 2.28. The molecule has 0 bridgehead atoms. The monoisotopic (exact) mass is 191 g/mol. The maximum Gasteiger partial charge on any atom is 0.132 e. The molecular formula is C12H15O2. The molecule has 2 rings (SSSR count). The molecular weight excluding hydrogens is 176 g/mol. The summed E-state index contributed by atoms with van der Waals surface area (Å²) in [5, 5.41) is 10.9. The van der Waals surface area contributed by atoms with E-state index in [-0.39, 0.29) is 0 Å². The molecule has 0 N–H and O–H groups in total. The second kappa shape index (κ2) is 4.11. The van der Waals surface area contributed by atoms with Gasteiger partial charge in [-0.2, -0.15) is 4.89 Å². The lowest BCUT2D eigenvalue weighted by Crippen LogP contribution is -2.30. The summed E-state index contributed by atoms with van der Waals surface area (Å²) in [4.78, 5) is 4.51. The van der Waals surface area contributed by atoms with Gasteiger partial charge in [0.15, 0.2) is 0 Å². The minimum absolute atomic E-state index is 0.542. The van der Waals surface area contributed by atoms with E-state index in [0.717, 1.165) is 31.2 Å². The molecule has 1 aromatic rings. The zero-order chi connectivity index (χ0) is 9.86. The summed E-state index contributed by atoms with van der Waals surface area (Å²) in [6, 6.07) is 9.87. The Labute approximate surface area is 84.5 Å². The van der Waals surface area contributed by atoms with Gasteiger partial charge < -0.3 is 0 Å². The highest BCUT2D eigenvalue weighted by Crippen LogP contribution is 2.39. The Hall–Kier alpha value is -0.860. The topological polar surface area (TPSA) is 29.1 Å². The number of rotatable bonds is 2. The largest absolute Gasteiger partial charge is 0.192 e. The Morgan fingerprint density at radius 3 is 2.21 bits per heavy atom. The zero-order valence-electron chi connectivity index (χ0n) is 8.24. The molecule has 0 aliphatic heterocycles. The van der Waals surface area contributed by atoms with Gasteiger partial charge in [-0.05, 0) is 23.7 Å². The molecule has 2 nitrogen and oxygen atoms in total. The normalized spacial score (nSPS) is 20.6. The Balaban J connectivity index is 2.27. The van der Waals surface area contributed by atoms with Crippen LogP contribution >= 0.6 is 0 Å². The van der Waals surface area contributed by atoms with E-state index < -0.39 is 5.60 Å².